The lowest BCUT2D eigenvalue weighted by Gasteiger charge is -2.48. The maximum atomic E-state index is 12.8. The predicted molar refractivity (Wildman–Crippen MR) is 105 cm³/mol. The van der Waals surface area contributed by atoms with Gasteiger partial charge in [0, 0.05) is 12.5 Å². The molecule has 0 unspecified atom stereocenters. The minimum Gasteiger partial charge on any atom is -0.481 e. The number of rotatable bonds is 9. The van der Waals surface area contributed by atoms with E-state index in [2.05, 4.69) is 10.8 Å². The van der Waals surface area contributed by atoms with E-state index < -0.39 is 16.0 Å². The second kappa shape index (κ2) is 9.02. The number of carbonyl (C=O) groups is 1. The fraction of sp³-hybridized carbons (Fsp3) is 0.571. The van der Waals surface area contributed by atoms with E-state index in [4.69, 9.17) is 5.11 Å². The molecule has 2 N–H and O–H groups in total. The smallest absolute Gasteiger partial charge is 0.303 e. The van der Waals surface area contributed by atoms with Gasteiger partial charge in [0.1, 0.15) is 0 Å². The second-order valence-electron chi connectivity index (χ2n) is 7.79. The summed E-state index contributed by atoms with van der Waals surface area (Å²) >= 11 is 0. The Bertz CT molecular complexity index is 752. The van der Waals surface area contributed by atoms with Gasteiger partial charge in [-0.25, -0.2) is 13.1 Å². The molecule has 27 heavy (non-hydrogen) atoms. The van der Waals surface area contributed by atoms with Crippen molar-refractivity contribution in [3.05, 3.63) is 42.5 Å². The van der Waals surface area contributed by atoms with Crippen LogP contribution in [0.25, 0.3) is 0 Å². The lowest BCUT2D eigenvalue weighted by Crippen LogP contribution is -2.53. The Morgan fingerprint density at radius 2 is 1.74 bits per heavy atom. The zero-order chi connectivity index (χ0) is 19.3. The number of carboxylic acid groups (broad SMARTS) is 1. The summed E-state index contributed by atoms with van der Waals surface area (Å²) in [6.07, 6.45) is 11.2. The van der Waals surface area contributed by atoms with Gasteiger partial charge >= 0.3 is 5.97 Å². The van der Waals surface area contributed by atoms with E-state index in [-0.39, 0.29) is 12.5 Å². The van der Waals surface area contributed by atoms with Crippen molar-refractivity contribution in [2.45, 2.75) is 62.3 Å². The molecule has 1 aromatic rings. The third kappa shape index (κ3) is 5.20. The molecule has 0 aromatic heterocycles. The molecule has 1 aromatic carbocycles. The number of carboxylic acids is 1. The van der Waals surface area contributed by atoms with Crippen molar-refractivity contribution in [3.63, 3.8) is 0 Å². The molecule has 3 saturated carbocycles. The van der Waals surface area contributed by atoms with Gasteiger partial charge in [0.2, 0.25) is 10.0 Å². The Labute approximate surface area is 161 Å². The summed E-state index contributed by atoms with van der Waals surface area (Å²) in [5.74, 6) is 0.552. The molecule has 0 heterocycles. The van der Waals surface area contributed by atoms with E-state index in [0.717, 1.165) is 25.7 Å². The molecule has 3 aliphatic rings. The lowest BCUT2D eigenvalue weighted by molar-refractivity contribution is -0.137. The average Bonchev–Trinajstić information content (AvgIpc) is 2.67. The first-order chi connectivity index (χ1) is 13.0. The summed E-state index contributed by atoms with van der Waals surface area (Å²) in [6.45, 7) is 0. The molecule has 0 aliphatic heterocycles. The Kier molecular flexibility index (Phi) is 6.71. The average molecular weight is 392 g/mol. The van der Waals surface area contributed by atoms with E-state index >= 15 is 0 Å². The van der Waals surface area contributed by atoms with Gasteiger partial charge in [-0.3, -0.25) is 4.79 Å². The fourth-order valence-corrected chi connectivity index (χ4v) is 6.06. The van der Waals surface area contributed by atoms with Crippen LogP contribution in [0.3, 0.4) is 0 Å². The van der Waals surface area contributed by atoms with Crippen molar-refractivity contribution >= 4 is 16.0 Å². The predicted octanol–water partition coefficient (Wildman–Crippen LogP) is 3.97. The number of aliphatic carboxylic acids is 1. The van der Waals surface area contributed by atoms with Gasteiger partial charge in [0.05, 0.1) is 4.90 Å². The van der Waals surface area contributed by atoms with Crippen molar-refractivity contribution < 1.29 is 18.3 Å². The van der Waals surface area contributed by atoms with Gasteiger partial charge in [0.15, 0.2) is 0 Å². The zero-order valence-electron chi connectivity index (χ0n) is 15.6. The first kappa shape index (κ1) is 20.1. The molecule has 0 radical (unpaired) electrons. The maximum absolute atomic E-state index is 12.8. The molecule has 0 saturated heterocycles. The van der Waals surface area contributed by atoms with Crippen molar-refractivity contribution in [2.75, 3.05) is 0 Å². The molecular formula is C21H29NO4S. The van der Waals surface area contributed by atoms with Crippen LogP contribution in [0.1, 0.15) is 51.4 Å². The van der Waals surface area contributed by atoms with Crippen LogP contribution in [0.5, 0.6) is 0 Å². The lowest BCUT2D eigenvalue weighted by atomic mass is 9.61. The molecule has 148 valence electrons. The monoisotopic (exact) mass is 391 g/mol. The largest absolute Gasteiger partial charge is 0.481 e. The Morgan fingerprint density at radius 1 is 1.07 bits per heavy atom. The van der Waals surface area contributed by atoms with E-state index in [1.165, 1.54) is 12.8 Å². The first-order valence-electron chi connectivity index (χ1n) is 9.91. The van der Waals surface area contributed by atoms with Gasteiger partial charge in [-0.15, -0.1) is 0 Å². The van der Waals surface area contributed by atoms with Gasteiger partial charge in [-0.05, 0) is 74.8 Å². The number of benzene rings is 1. The highest BCUT2D eigenvalue weighted by atomic mass is 32.2. The summed E-state index contributed by atoms with van der Waals surface area (Å²) in [4.78, 5) is 10.9. The number of allylic oxidation sites excluding steroid dienone is 2. The molecular weight excluding hydrogens is 362 g/mol. The van der Waals surface area contributed by atoms with Crippen LogP contribution >= 0.6 is 0 Å². The van der Waals surface area contributed by atoms with E-state index in [1.807, 2.05) is 12.1 Å². The van der Waals surface area contributed by atoms with Gasteiger partial charge in [-0.1, -0.05) is 30.4 Å². The number of nitrogens with one attached hydrogen (secondary N) is 1. The van der Waals surface area contributed by atoms with Gasteiger partial charge < -0.3 is 5.11 Å². The summed E-state index contributed by atoms with van der Waals surface area (Å²) in [5.41, 5.74) is 0. The van der Waals surface area contributed by atoms with Gasteiger partial charge in [0.25, 0.3) is 0 Å². The Hall–Kier alpha value is -1.66. The first-order valence-corrected chi connectivity index (χ1v) is 11.4. The van der Waals surface area contributed by atoms with Crippen LogP contribution in [-0.2, 0) is 14.8 Å². The molecule has 3 aliphatic carbocycles. The quantitative estimate of drug-likeness (QED) is 0.493. The number of sulfonamides is 1. The van der Waals surface area contributed by atoms with Crippen molar-refractivity contribution in [1.29, 1.82) is 0 Å². The summed E-state index contributed by atoms with van der Waals surface area (Å²) in [5, 5.41) is 8.69. The second-order valence-corrected chi connectivity index (χ2v) is 9.51. The molecule has 2 bridgehead atoms. The standard InChI is InChI=1S/C21H29NO4S/c23-20(24)11-7-2-1-6-10-19-16-12-14-17(15-13-16)21(19)22-27(25,26)18-8-4-3-5-9-18/h1,3-6,8-9,16-17,19,21-22H,2,7,10-15H2,(H,23,24)/b6-1-/t16?,17?,19-,21-/m0/s1. The third-order valence-corrected chi connectivity index (χ3v) is 7.55. The van der Waals surface area contributed by atoms with Crippen LogP contribution in [0.2, 0.25) is 0 Å². The van der Waals surface area contributed by atoms with Gasteiger partial charge in [-0.2, -0.15) is 0 Å². The number of hydrogen-bond acceptors (Lipinski definition) is 3. The van der Waals surface area contributed by atoms with Crippen LogP contribution < -0.4 is 4.72 Å². The minimum absolute atomic E-state index is 0.00799. The van der Waals surface area contributed by atoms with Crippen LogP contribution in [0, 0.1) is 17.8 Å². The van der Waals surface area contributed by atoms with Crippen LogP contribution in [-0.4, -0.2) is 25.5 Å². The molecule has 6 heteroatoms. The topological polar surface area (TPSA) is 83.5 Å². The van der Waals surface area contributed by atoms with Crippen molar-refractivity contribution in [2.24, 2.45) is 17.8 Å². The molecule has 2 atom stereocenters. The van der Waals surface area contributed by atoms with E-state index in [0.29, 0.717) is 29.1 Å². The molecule has 3 fully saturated rings. The minimum atomic E-state index is -3.50. The fourth-order valence-electron chi connectivity index (χ4n) is 4.69. The summed E-state index contributed by atoms with van der Waals surface area (Å²) in [7, 11) is -3.50. The highest BCUT2D eigenvalue weighted by molar-refractivity contribution is 7.89. The van der Waals surface area contributed by atoms with E-state index in [9.17, 15) is 13.2 Å². The Morgan fingerprint density at radius 3 is 2.41 bits per heavy atom. The third-order valence-electron chi connectivity index (χ3n) is 6.07. The van der Waals surface area contributed by atoms with Crippen LogP contribution in [0.4, 0.5) is 0 Å². The highest BCUT2D eigenvalue weighted by Gasteiger charge is 2.44. The summed E-state index contributed by atoms with van der Waals surface area (Å²) < 4.78 is 28.7. The molecule has 0 amide bonds. The number of unbranched alkanes of at least 4 members (excludes halogenated alkanes) is 1. The van der Waals surface area contributed by atoms with E-state index in [1.54, 1.807) is 24.3 Å². The number of hydrogen-bond donors (Lipinski definition) is 2. The normalized spacial score (nSPS) is 27.9. The zero-order valence-corrected chi connectivity index (χ0v) is 16.4. The Balaban J connectivity index is 1.65. The van der Waals surface area contributed by atoms with Crippen molar-refractivity contribution in [3.8, 4) is 0 Å². The highest BCUT2D eigenvalue weighted by Crippen LogP contribution is 2.47. The van der Waals surface area contributed by atoms with Crippen molar-refractivity contribution in [1.82, 2.24) is 4.72 Å². The number of fused-ring (bicyclic) bond motifs is 3. The maximum Gasteiger partial charge on any atom is 0.303 e. The summed E-state index contributed by atoms with van der Waals surface area (Å²) in [6, 6.07) is 8.59. The SMILES string of the molecule is O=C(O)CCC/C=C\C[C@H]1C2CCC(CC2)[C@@H]1NS(=O)(=O)c1ccccc1. The van der Waals surface area contributed by atoms with Crippen LogP contribution in [0.15, 0.2) is 47.4 Å². The molecule has 0 spiro atoms. The molecule has 4 rings (SSSR count). The molecule has 5 nitrogen and oxygen atoms in total.